The Bertz CT molecular complexity index is 468. The molecule has 0 aliphatic carbocycles. The third kappa shape index (κ3) is 8.95. The van der Waals surface area contributed by atoms with Gasteiger partial charge in [0.2, 0.25) is 0 Å². The van der Waals surface area contributed by atoms with Gasteiger partial charge in [0.15, 0.2) is 5.78 Å². The Labute approximate surface area is 132 Å². The Balaban J connectivity index is 2.10. The molecule has 1 N–H and O–H groups in total. The number of ether oxygens (including phenoxy) is 1. The molecule has 0 saturated heterocycles. The molecule has 1 aromatic rings. The molecule has 0 radical (unpaired) electrons. The molecule has 0 aliphatic heterocycles. The van der Waals surface area contributed by atoms with Crippen molar-refractivity contribution in [3.63, 3.8) is 0 Å². The molecular weight excluding hydrogens is 278 g/mol. The molecule has 0 aromatic heterocycles. The van der Waals surface area contributed by atoms with Crippen LogP contribution in [0.15, 0.2) is 42.5 Å². The molecular formula is C18H25NO3. The third-order valence-corrected chi connectivity index (χ3v) is 3.12. The molecule has 1 rings (SSSR count). The fourth-order valence-electron chi connectivity index (χ4n) is 1.93. The number of rotatable bonds is 10. The number of amides is 1. The SMILES string of the molecule is CCCCCCOC(=O)NC/C=C\C(=O)Cc1ccccc1. The van der Waals surface area contributed by atoms with Crippen molar-refractivity contribution in [1.29, 1.82) is 0 Å². The van der Waals surface area contributed by atoms with Gasteiger partial charge < -0.3 is 10.1 Å². The van der Waals surface area contributed by atoms with Crippen molar-refractivity contribution in [3.05, 3.63) is 48.0 Å². The molecule has 0 bridgehead atoms. The lowest BCUT2D eigenvalue weighted by atomic mass is 10.1. The highest BCUT2D eigenvalue weighted by Gasteiger charge is 2.00. The number of hydrogen-bond donors (Lipinski definition) is 1. The summed E-state index contributed by atoms with van der Waals surface area (Å²) in [6.45, 7) is 2.88. The molecule has 120 valence electrons. The topological polar surface area (TPSA) is 55.4 Å². The van der Waals surface area contributed by atoms with Gasteiger partial charge in [-0.2, -0.15) is 0 Å². The van der Waals surface area contributed by atoms with E-state index in [0.717, 1.165) is 31.2 Å². The number of carbonyl (C=O) groups excluding carboxylic acids is 2. The molecule has 0 saturated carbocycles. The monoisotopic (exact) mass is 303 g/mol. The molecule has 0 atom stereocenters. The minimum absolute atomic E-state index is 0.0148. The summed E-state index contributed by atoms with van der Waals surface area (Å²) in [4.78, 5) is 23.1. The summed E-state index contributed by atoms with van der Waals surface area (Å²) >= 11 is 0. The molecule has 0 spiro atoms. The number of nitrogens with one attached hydrogen (secondary N) is 1. The van der Waals surface area contributed by atoms with Gasteiger partial charge in [-0.25, -0.2) is 4.79 Å². The minimum Gasteiger partial charge on any atom is -0.450 e. The lowest BCUT2D eigenvalue weighted by Crippen LogP contribution is -2.24. The maximum atomic E-state index is 11.7. The van der Waals surface area contributed by atoms with E-state index in [2.05, 4.69) is 12.2 Å². The van der Waals surface area contributed by atoms with E-state index in [9.17, 15) is 9.59 Å². The first-order valence-electron chi connectivity index (χ1n) is 7.86. The van der Waals surface area contributed by atoms with E-state index in [1.807, 2.05) is 30.3 Å². The smallest absolute Gasteiger partial charge is 0.407 e. The van der Waals surface area contributed by atoms with Crippen LogP contribution < -0.4 is 5.32 Å². The van der Waals surface area contributed by atoms with Gasteiger partial charge >= 0.3 is 6.09 Å². The summed E-state index contributed by atoms with van der Waals surface area (Å²) in [6.07, 6.45) is 7.38. The van der Waals surface area contributed by atoms with Crippen molar-refractivity contribution in [2.75, 3.05) is 13.2 Å². The highest BCUT2D eigenvalue weighted by atomic mass is 16.5. The molecule has 4 nitrogen and oxygen atoms in total. The molecule has 1 amide bonds. The second kappa shape index (κ2) is 11.5. The molecule has 0 heterocycles. The second-order valence-corrected chi connectivity index (χ2v) is 5.11. The first kappa shape index (κ1) is 18.0. The summed E-state index contributed by atoms with van der Waals surface area (Å²) in [5.74, 6) is 0.0148. The molecule has 22 heavy (non-hydrogen) atoms. The molecule has 0 unspecified atom stereocenters. The van der Waals surface area contributed by atoms with Crippen molar-refractivity contribution in [1.82, 2.24) is 5.32 Å². The summed E-state index contributed by atoms with van der Waals surface area (Å²) in [5.41, 5.74) is 0.983. The molecule has 4 heteroatoms. The summed E-state index contributed by atoms with van der Waals surface area (Å²) < 4.78 is 5.02. The Kier molecular flexibility index (Phi) is 9.42. The van der Waals surface area contributed by atoms with Crippen LogP contribution >= 0.6 is 0 Å². The minimum atomic E-state index is -0.434. The summed E-state index contributed by atoms with van der Waals surface area (Å²) in [7, 11) is 0. The predicted octanol–water partition coefficient (Wildman–Crippen LogP) is 3.66. The highest BCUT2D eigenvalue weighted by molar-refractivity contribution is 5.91. The molecule has 1 aromatic carbocycles. The van der Waals surface area contributed by atoms with Crippen LogP contribution in [0.1, 0.15) is 38.2 Å². The van der Waals surface area contributed by atoms with Crippen LogP contribution in [0.25, 0.3) is 0 Å². The highest BCUT2D eigenvalue weighted by Crippen LogP contribution is 2.00. The normalized spacial score (nSPS) is 10.6. The maximum absolute atomic E-state index is 11.7. The third-order valence-electron chi connectivity index (χ3n) is 3.12. The van der Waals surface area contributed by atoms with E-state index < -0.39 is 6.09 Å². The van der Waals surface area contributed by atoms with Gasteiger partial charge in [0.1, 0.15) is 0 Å². The van der Waals surface area contributed by atoms with E-state index in [4.69, 9.17) is 4.74 Å². The summed E-state index contributed by atoms with van der Waals surface area (Å²) in [5, 5.41) is 2.59. The van der Waals surface area contributed by atoms with Crippen LogP contribution in [0.5, 0.6) is 0 Å². The van der Waals surface area contributed by atoms with Gasteiger partial charge in [-0.3, -0.25) is 4.79 Å². The van der Waals surface area contributed by atoms with E-state index in [0.29, 0.717) is 19.6 Å². The number of benzene rings is 1. The molecule has 0 aliphatic rings. The van der Waals surface area contributed by atoms with Crippen LogP contribution in [0.2, 0.25) is 0 Å². The van der Waals surface area contributed by atoms with Crippen LogP contribution in [0.3, 0.4) is 0 Å². The largest absolute Gasteiger partial charge is 0.450 e. The first-order chi connectivity index (χ1) is 10.7. The number of alkyl carbamates (subject to hydrolysis) is 1. The molecule has 0 fully saturated rings. The number of carbonyl (C=O) groups is 2. The fourth-order valence-corrected chi connectivity index (χ4v) is 1.93. The van der Waals surface area contributed by atoms with Crippen molar-refractivity contribution >= 4 is 11.9 Å². The van der Waals surface area contributed by atoms with E-state index in [1.165, 1.54) is 6.08 Å². The van der Waals surface area contributed by atoms with Crippen LogP contribution in [-0.4, -0.2) is 25.0 Å². The summed E-state index contributed by atoms with van der Waals surface area (Å²) in [6, 6.07) is 9.57. The number of unbranched alkanes of at least 4 members (excludes halogenated alkanes) is 3. The van der Waals surface area contributed by atoms with Gasteiger partial charge in [0.25, 0.3) is 0 Å². The Morgan fingerprint density at radius 3 is 2.64 bits per heavy atom. The number of ketones is 1. The standard InChI is InChI=1S/C18H25NO3/c1-2-3-4-8-14-22-18(21)19-13-9-12-17(20)15-16-10-6-5-7-11-16/h5-7,9-12H,2-4,8,13-15H2,1H3,(H,19,21)/b12-9-. The maximum Gasteiger partial charge on any atom is 0.407 e. The Morgan fingerprint density at radius 2 is 1.91 bits per heavy atom. The zero-order valence-corrected chi connectivity index (χ0v) is 13.2. The lowest BCUT2D eigenvalue weighted by Gasteiger charge is -2.04. The lowest BCUT2D eigenvalue weighted by molar-refractivity contribution is -0.114. The van der Waals surface area contributed by atoms with Crippen LogP contribution in [-0.2, 0) is 16.0 Å². The van der Waals surface area contributed by atoms with Gasteiger partial charge in [-0.1, -0.05) is 62.6 Å². The number of hydrogen-bond acceptors (Lipinski definition) is 3. The average molecular weight is 303 g/mol. The van der Waals surface area contributed by atoms with E-state index in [1.54, 1.807) is 6.08 Å². The Morgan fingerprint density at radius 1 is 1.14 bits per heavy atom. The van der Waals surface area contributed by atoms with Crippen molar-refractivity contribution in [2.24, 2.45) is 0 Å². The quantitative estimate of drug-likeness (QED) is 0.530. The first-order valence-corrected chi connectivity index (χ1v) is 7.86. The van der Waals surface area contributed by atoms with Gasteiger partial charge in [-0.05, 0) is 18.1 Å². The fraction of sp³-hybridized carbons (Fsp3) is 0.444. The zero-order valence-electron chi connectivity index (χ0n) is 13.2. The predicted molar refractivity (Wildman–Crippen MR) is 87.8 cm³/mol. The van der Waals surface area contributed by atoms with Crippen molar-refractivity contribution in [2.45, 2.75) is 39.0 Å². The van der Waals surface area contributed by atoms with E-state index >= 15 is 0 Å². The van der Waals surface area contributed by atoms with Crippen LogP contribution in [0, 0.1) is 0 Å². The second-order valence-electron chi connectivity index (χ2n) is 5.11. The van der Waals surface area contributed by atoms with E-state index in [-0.39, 0.29) is 5.78 Å². The van der Waals surface area contributed by atoms with Crippen molar-refractivity contribution < 1.29 is 14.3 Å². The van der Waals surface area contributed by atoms with Gasteiger partial charge in [-0.15, -0.1) is 0 Å². The van der Waals surface area contributed by atoms with Gasteiger partial charge in [0.05, 0.1) is 6.61 Å². The average Bonchev–Trinajstić information content (AvgIpc) is 2.52. The Hall–Kier alpha value is -2.10. The van der Waals surface area contributed by atoms with Crippen LogP contribution in [0.4, 0.5) is 4.79 Å². The van der Waals surface area contributed by atoms with Crippen molar-refractivity contribution in [3.8, 4) is 0 Å². The number of allylic oxidation sites excluding steroid dienone is 1. The van der Waals surface area contributed by atoms with Gasteiger partial charge in [0, 0.05) is 13.0 Å². The zero-order chi connectivity index (χ0) is 16.0.